The number of hydrogen-bond acceptors (Lipinski definition) is 4. The molecule has 5 nitrogen and oxygen atoms in total. The van der Waals surface area contributed by atoms with E-state index in [1.165, 1.54) is 0 Å². The zero-order valence-corrected chi connectivity index (χ0v) is 13.9. The lowest BCUT2D eigenvalue weighted by molar-refractivity contribution is 0.579. The topological polar surface area (TPSA) is 85.1 Å². The molecule has 0 bridgehead atoms. The summed E-state index contributed by atoms with van der Waals surface area (Å²) in [5.74, 6) is 0. The van der Waals surface area contributed by atoms with Crippen molar-refractivity contribution in [2.24, 2.45) is 5.73 Å². The molecule has 3 N–H and O–H groups in total. The Kier molecular flexibility index (Phi) is 5.10. The number of nitrogens with two attached hydrogens (primary N) is 1. The number of aryl methyl sites for hydroxylation is 1. The minimum absolute atomic E-state index is 0.147. The van der Waals surface area contributed by atoms with Gasteiger partial charge in [0, 0.05) is 17.2 Å². The predicted octanol–water partition coefficient (Wildman–Crippen LogP) is 2.09. The summed E-state index contributed by atoms with van der Waals surface area (Å²) >= 11 is 3.26. The Morgan fingerprint density at radius 1 is 1.33 bits per heavy atom. The van der Waals surface area contributed by atoms with Crippen LogP contribution >= 0.6 is 15.9 Å². The van der Waals surface area contributed by atoms with Crippen LogP contribution in [0.3, 0.4) is 0 Å². The van der Waals surface area contributed by atoms with Crippen LogP contribution in [0.2, 0.25) is 0 Å². The van der Waals surface area contributed by atoms with E-state index in [1.54, 1.807) is 24.4 Å². The van der Waals surface area contributed by atoms with Crippen LogP contribution in [0.1, 0.15) is 16.8 Å². The van der Waals surface area contributed by atoms with E-state index in [-0.39, 0.29) is 18.0 Å². The number of benzene rings is 1. The molecule has 1 aromatic carbocycles. The smallest absolute Gasteiger partial charge is 0.242 e. The number of nitrogens with zero attached hydrogens (tertiary/aromatic N) is 1. The van der Waals surface area contributed by atoms with Crippen LogP contribution in [-0.2, 0) is 23.1 Å². The number of halogens is 1. The van der Waals surface area contributed by atoms with Crippen LogP contribution in [0, 0.1) is 6.92 Å². The molecule has 112 valence electrons. The van der Waals surface area contributed by atoms with Gasteiger partial charge in [-0.05, 0) is 52.2 Å². The summed E-state index contributed by atoms with van der Waals surface area (Å²) in [6.45, 7) is 2.32. The van der Waals surface area contributed by atoms with E-state index in [9.17, 15) is 8.42 Å². The molecule has 0 amide bonds. The fourth-order valence-corrected chi connectivity index (χ4v) is 3.82. The number of rotatable bonds is 5. The largest absolute Gasteiger partial charge is 0.326 e. The van der Waals surface area contributed by atoms with E-state index in [0.717, 1.165) is 11.1 Å². The Balaban J connectivity index is 2.25. The number of aromatic nitrogens is 1. The maximum absolute atomic E-state index is 12.4. The Morgan fingerprint density at radius 3 is 2.76 bits per heavy atom. The molecule has 0 aliphatic carbocycles. The van der Waals surface area contributed by atoms with Gasteiger partial charge in [0.2, 0.25) is 10.0 Å². The van der Waals surface area contributed by atoms with Crippen LogP contribution in [0.25, 0.3) is 0 Å². The fourth-order valence-electron chi connectivity index (χ4n) is 1.83. The van der Waals surface area contributed by atoms with Gasteiger partial charge in [0.1, 0.15) is 0 Å². The highest BCUT2D eigenvalue weighted by Gasteiger charge is 2.18. The van der Waals surface area contributed by atoms with Crippen molar-refractivity contribution in [3.05, 3.63) is 57.8 Å². The van der Waals surface area contributed by atoms with E-state index >= 15 is 0 Å². The van der Waals surface area contributed by atoms with Crippen molar-refractivity contribution in [1.29, 1.82) is 0 Å². The summed E-state index contributed by atoms with van der Waals surface area (Å²) in [5, 5.41) is 0. The molecule has 7 heteroatoms. The minimum Gasteiger partial charge on any atom is -0.326 e. The summed E-state index contributed by atoms with van der Waals surface area (Å²) in [5.41, 5.74) is 7.95. The van der Waals surface area contributed by atoms with Gasteiger partial charge in [-0.15, -0.1) is 0 Å². The monoisotopic (exact) mass is 369 g/mol. The molecule has 21 heavy (non-hydrogen) atoms. The summed E-state index contributed by atoms with van der Waals surface area (Å²) in [6.07, 6.45) is 1.64. The van der Waals surface area contributed by atoms with Crippen LogP contribution in [0.4, 0.5) is 0 Å². The van der Waals surface area contributed by atoms with Gasteiger partial charge < -0.3 is 5.73 Å². The third kappa shape index (κ3) is 3.88. The van der Waals surface area contributed by atoms with Crippen molar-refractivity contribution >= 4 is 26.0 Å². The van der Waals surface area contributed by atoms with Crippen molar-refractivity contribution in [1.82, 2.24) is 9.71 Å². The number of pyridine rings is 1. The third-order valence-corrected chi connectivity index (χ3v) is 5.46. The molecule has 0 saturated carbocycles. The van der Waals surface area contributed by atoms with Gasteiger partial charge in [-0.2, -0.15) is 0 Å². The SMILES string of the molecule is Cc1cccnc1CNS(=O)(=O)c1cc(CN)ccc1Br. The van der Waals surface area contributed by atoms with Gasteiger partial charge in [0.05, 0.1) is 17.1 Å². The zero-order valence-electron chi connectivity index (χ0n) is 11.5. The molecule has 1 aromatic heterocycles. The van der Waals surface area contributed by atoms with Gasteiger partial charge in [-0.25, -0.2) is 13.1 Å². The highest BCUT2D eigenvalue weighted by molar-refractivity contribution is 9.10. The Bertz CT molecular complexity index is 748. The molecular weight excluding hydrogens is 354 g/mol. The molecule has 0 saturated heterocycles. The molecule has 0 fully saturated rings. The lowest BCUT2D eigenvalue weighted by Gasteiger charge is -2.10. The number of sulfonamides is 1. The van der Waals surface area contributed by atoms with Crippen LogP contribution in [-0.4, -0.2) is 13.4 Å². The standard InChI is InChI=1S/C14H16BrN3O2S/c1-10-3-2-6-17-13(10)9-18-21(19,20)14-7-11(8-16)4-5-12(14)15/h2-7,18H,8-9,16H2,1H3. The Hall–Kier alpha value is -1.28. The first-order chi connectivity index (χ1) is 9.94. The molecule has 2 aromatic rings. The first kappa shape index (κ1) is 16.1. The quantitative estimate of drug-likeness (QED) is 0.844. The number of nitrogens with one attached hydrogen (secondary N) is 1. The van der Waals surface area contributed by atoms with E-state index in [2.05, 4.69) is 25.6 Å². The van der Waals surface area contributed by atoms with E-state index in [4.69, 9.17) is 5.73 Å². The molecule has 0 unspecified atom stereocenters. The summed E-state index contributed by atoms with van der Waals surface area (Å²) < 4.78 is 27.9. The average molecular weight is 370 g/mol. The highest BCUT2D eigenvalue weighted by atomic mass is 79.9. The Morgan fingerprint density at radius 2 is 2.10 bits per heavy atom. The summed E-state index contributed by atoms with van der Waals surface area (Å²) in [6, 6.07) is 8.74. The minimum atomic E-state index is -3.63. The van der Waals surface area contributed by atoms with Gasteiger partial charge >= 0.3 is 0 Å². The van der Waals surface area contributed by atoms with Crippen LogP contribution < -0.4 is 10.5 Å². The third-order valence-electron chi connectivity index (χ3n) is 3.07. The van der Waals surface area contributed by atoms with E-state index in [0.29, 0.717) is 10.2 Å². The van der Waals surface area contributed by atoms with Crippen LogP contribution in [0.15, 0.2) is 45.9 Å². The normalized spacial score (nSPS) is 11.6. The van der Waals surface area contributed by atoms with Crippen LogP contribution in [0.5, 0.6) is 0 Å². The fraction of sp³-hybridized carbons (Fsp3) is 0.214. The number of hydrogen-bond donors (Lipinski definition) is 2. The maximum atomic E-state index is 12.4. The van der Waals surface area contributed by atoms with Gasteiger partial charge in [-0.1, -0.05) is 12.1 Å². The van der Waals surface area contributed by atoms with Gasteiger partial charge in [-0.3, -0.25) is 4.98 Å². The average Bonchev–Trinajstić information content (AvgIpc) is 2.47. The van der Waals surface area contributed by atoms with Crippen molar-refractivity contribution in [3.8, 4) is 0 Å². The molecule has 0 aliphatic heterocycles. The van der Waals surface area contributed by atoms with Crippen molar-refractivity contribution in [3.63, 3.8) is 0 Å². The van der Waals surface area contributed by atoms with Gasteiger partial charge in [0.25, 0.3) is 0 Å². The molecule has 1 heterocycles. The van der Waals surface area contributed by atoms with Gasteiger partial charge in [0.15, 0.2) is 0 Å². The lowest BCUT2D eigenvalue weighted by Crippen LogP contribution is -2.24. The maximum Gasteiger partial charge on any atom is 0.242 e. The molecule has 0 aliphatic rings. The van der Waals surface area contributed by atoms with Crippen molar-refractivity contribution < 1.29 is 8.42 Å². The molecule has 0 atom stereocenters. The second-order valence-electron chi connectivity index (χ2n) is 4.56. The second-order valence-corrected chi connectivity index (χ2v) is 7.15. The molecular formula is C14H16BrN3O2S. The van der Waals surface area contributed by atoms with Crippen molar-refractivity contribution in [2.75, 3.05) is 0 Å². The summed E-state index contributed by atoms with van der Waals surface area (Å²) in [7, 11) is -3.63. The Labute approximate surface area is 132 Å². The molecule has 2 rings (SSSR count). The zero-order chi connectivity index (χ0) is 15.5. The molecule has 0 spiro atoms. The first-order valence-corrected chi connectivity index (χ1v) is 8.60. The lowest BCUT2D eigenvalue weighted by atomic mass is 10.2. The first-order valence-electron chi connectivity index (χ1n) is 6.32. The van der Waals surface area contributed by atoms with Crippen molar-refractivity contribution in [2.45, 2.75) is 24.9 Å². The van der Waals surface area contributed by atoms with E-state index in [1.807, 2.05) is 19.1 Å². The molecule has 0 radical (unpaired) electrons. The highest BCUT2D eigenvalue weighted by Crippen LogP contribution is 2.23. The van der Waals surface area contributed by atoms with E-state index < -0.39 is 10.0 Å². The summed E-state index contributed by atoms with van der Waals surface area (Å²) in [4.78, 5) is 4.35. The second kappa shape index (κ2) is 6.65. The predicted molar refractivity (Wildman–Crippen MR) is 85.0 cm³/mol.